The fraction of sp³-hybridized carbons (Fsp3) is 0.222. The first-order chi connectivity index (χ1) is 11.3. The highest BCUT2D eigenvalue weighted by Crippen LogP contribution is 2.44. The van der Waals surface area contributed by atoms with Crippen molar-refractivity contribution in [3.05, 3.63) is 64.4 Å². The molecular formula is C18H14N2O2S. The van der Waals surface area contributed by atoms with Gasteiger partial charge in [0.05, 0.1) is 12.0 Å². The summed E-state index contributed by atoms with van der Waals surface area (Å²) in [5.74, 6) is -0.578. The van der Waals surface area contributed by atoms with Crippen molar-refractivity contribution in [2.75, 3.05) is 0 Å². The lowest BCUT2D eigenvalue weighted by Crippen LogP contribution is -2.36. The molecule has 0 amide bonds. The van der Waals surface area contributed by atoms with Crippen molar-refractivity contribution in [3.8, 4) is 6.07 Å². The molecule has 23 heavy (non-hydrogen) atoms. The largest absolute Gasteiger partial charge is 0.456 e. The number of fused-ring (bicyclic) bond motifs is 1. The highest BCUT2D eigenvalue weighted by atomic mass is 32.1. The van der Waals surface area contributed by atoms with Crippen LogP contribution in [-0.4, -0.2) is 12.0 Å². The average Bonchev–Trinajstić information content (AvgIpc) is 3.18. The molecule has 4 rings (SSSR count). The summed E-state index contributed by atoms with van der Waals surface area (Å²) in [6, 6.07) is 12.2. The van der Waals surface area contributed by atoms with Gasteiger partial charge < -0.3 is 9.47 Å². The monoisotopic (exact) mass is 322 g/mol. The van der Waals surface area contributed by atoms with Crippen molar-refractivity contribution in [2.24, 2.45) is 4.99 Å². The molecule has 0 fully saturated rings. The predicted octanol–water partition coefficient (Wildman–Crippen LogP) is 4.07. The number of nitriles is 1. The minimum Gasteiger partial charge on any atom is -0.456 e. The van der Waals surface area contributed by atoms with E-state index >= 15 is 0 Å². The van der Waals surface area contributed by atoms with E-state index in [9.17, 15) is 5.26 Å². The van der Waals surface area contributed by atoms with Crippen LogP contribution >= 0.6 is 11.3 Å². The summed E-state index contributed by atoms with van der Waals surface area (Å²) in [6.07, 6.45) is 7.18. The second kappa shape index (κ2) is 5.56. The Balaban J connectivity index is 1.66. The van der Waals surface area contributed by atoms with Crippen LogP contribution in [0.15, 0.2) is 47.8 Å². The van der Waals surface area contributed by atoms with Crippen LogP contribution in [0.3, 0.4) is 0 Å². The second-order valence-electron chi connectivity index (χ2n) is 5.56. The van der Waals surface area contributed by atoms with Gasteiger partial charge in [-0.25, -0.2) is 4.99 Å². The molecule has 2 heterocycles. The Morgan fingerprint density at radius 2 is 2.00 bits per heavy atom. The first-order valence-electron chi connectivity index (χ1n) is 7.44. The molecule has 2 aliphatic rings. The Morgan fingerprint density at radius 1 is 1.22 bits per heavy atom. The van der Waals surface area contributed by atoms with Crippen LogP contribution < -0.4 is 0 Å². The molecule has 1 aromatic carbocycles. The molecule has 0 radical (unpaired) electrons. The lowest BCUT2D eigenvalue weighted by atomic mass is 9.91. The zero-order valence-electron chi connectivity index (χ0n) is 12.4. The van der Waals surface area contributed by atoms with Gasteiger partial charge in [-0.15, -0.1) is 11.3 Å². The standard InChI is InChI=1S/C18H14N2O2S/c19-11-15-14-6-7-18(21-8-9-22-18)10-16(14)23-17(15)20-12-13-4-2-1-3-5-13/h1-5,8-9,12H,6-7,10H2/b20-12+. The molecule has 0 atom stereocenters. The number of benzene rings is 1. The van der Waals surface area contributed by atoms with Crippen molar-refractivity contribution in [3.63, 3.8) is 0 Å². The number of hydrogen-bond acceptors (Lipinski definition) is 5. The van der Waals surface area contributed by atoms with E-state index in [0.717, 1.165) is 33.8 Å². The normalized spacial score (nSPS) is 17.7. The van der Waals surface area contributed by atoms with Crippen molar-refractivity contribution in [1.29, 1.82) is 5.26 Å². The van der Waals surface area contributed by atoms with E-state index in [1.807, 2.05) is 30.3 Å². The molecule has 1 aliphatic heterocycles. The third-order valence-corrected chi connectivity index (χ3v) is 5.26. The highest BCUT2D eigenvalue weighted by Gasteiger charge is 2.41. The summed E-state index contributed by atoms with van der Waals surface area (Å²) in [5.41, 5.74) is 2.81. The van der Waals surface area contributed by atoms with Crippen LogP contribution in [0, 0.1) is 11.3 Å². The van der Waals surface area contributed by atoms with Crippen molar-refractivity contribution < 1.29 is 9.47 Å². The Kier molecular flexibility index (Phi) is 3.40. The first kappa shape index (κ1) is 14.0. The topological polar surface area (TPSA) is 54.6 Å². The Morgan fingerprint density at radius 3 is 2.74 bits per heavy atom. The lowest BCUT2D eigenvalue weighted by Gasteiger charge is -2.31. The SMILES string of the molecule is N#Cc1c(/N=C/c2ccccc2)sc2c1CCC1(C2)OC=CO1. The average molecular weight is 322 g/mol. The van der Waals surface area contributed by atoms with Gasteiger partial charge in [0.1, 0.15) is 23.6 Å². The van der Waals surface area contributed by atoms with Gasteiger partial charge in [0.15, 0.2) is 0 Å². The Labute approximate surface area is 138 Å². The highest BCUT2D eigenvalue weighted by molar-refractivity contribution is 7.16. The number of rotatable bonds is 2. The molecule has 0 saturated carbocycles. The molecule has 5 heteroatoms. The van der Waals surface area contributed by atoms with Crippen molar-refractivity contribution in [1.82, 2.24) is 0 Å². The number of hydrogen-bond donors (Lipinski definition) is 0. The molecule has 114 valence electrons. The zero-order chi connectivity index (χ0) is 15.7. The van der Waals surface area contributed by atoms with Gasteiger partial charge in [0, 0.05) is 17.5 Å². The summed E-state index contributed by atoms with van der Waals surface area (Å²) in [4.78, 5) is 5.68. The molecule has 2 aromatic rings. The summed E-state index contributed by atoms with van der Waals surface area (Å²) in [7, 11) is 0. The molecule has 0 saturated heterocycles. The zero-order valence-corrected chi connectivity index (χ0v) is 13.2. The lowest BCUT2D eigenvalue weighted by molar-refractivity contribution is -0.147. The van der Waals surface area contributed by atoms with E-state index in [-0.39, 0.29) is 0 Å². The van der Waals surface area contributed by atoms with Gasteiger partial charge >= 0.3 is 0 Å². The first-order valence-corrected chi connectivity index (χ1v) is 8.26. The van der Waals surface area contributed by atoms with E-state index < -0.39 is 5.79 Å². The van der Waals surface area contributed by atoms with Gasteiger partial charge in [-0.3, -0.25) is 0 Å². The molecule has 1 spiro atoms. The Hall–Kier alpha value is -2.58. The fourth-order valence-electron chi connectivity index (χ4n) is 2.96. The fourth-order valence-corrected chi connectivity index (χ4v) is 4.19. The number of thiophene rings is 1. The number of aliphatic imine (C=N–C) groups is 1. The molecule has 1 aliphatic carbocycles. The van der Waals surface area contributed by atoms with Crippen LogP contribution in [-0.2, 0) is 22.3 Å². The van der Waals surface area contributed by atoms with Crippen LogP contribution in [0.2, 0.25) is 0 Å². The molecule has 0 bridgehead atoms. The number of ether oxygens (including phenoxy) is 2. The summed E-state index contributed by atoms with van der Waals surface area (Å²) < 4.78 is 11.3. The smallest absolute Gasteiger partial charge is 0.254 e. The van der Waals surface area contributed by atoms with E-state index in [1.165, 1.54) is 0 Å². The third-order valence-electron chi connectivity index (χ3n) is 4.12. The van der Waals surface area contributed by atoms with Crippen molar-refractivity contribution >= 4 is 22.6 Å². The maximum Gasteiger partial charge on any atom is 0.254 e. The van der Waals surface area contributed by atoms with Gasteiger partial charge in [-0.1, -0.05) is 30.3 Å². The van der Waals surface area contributed by atoms with Crippen LogP contribution in [0.4, 0.5) is 5.00 Å². The maximum atomic E-state index is 9.53. The maximum absolute atomic E-state index is 9.53. The van der Waals surface area contributed by atoms with E-state index in [2.05, 4.69) is 11.1 Å². The third kappa shape index (κ3) is 2.51. The van der Waals surface area contributed by atoms with Gasteiger partial charge in [-0.05, 0) is 17.5 Å². The molecule has 1 aromatic heterocycles. The van der Waals surface area contributed by atoms with Crippen LogP contribution in [0.25, 0.3) is 0 Å². The summed E-state index contributed by atoms with van der Waals surface area (Å²) in [5, 5.41) is 10.3. The molecule has 0 N–H and O–H groups in total. The second-order valence-corrected chi connectivity index (χ2v) is 6.64. The van der Waals surface area contributed by atoms with E-state index in [4.69, 9.17) is 9.47 Å². The minimum atomic E-state index is -0.578. The molecular weight excluding hydrogens is 308 g/mol. The van der Waals surface area contributed by atoms with Crippen LogP contribution in [0.5, 0.6) is 0 Å². The summed E-state index contributed by atoms with van der Waals surface area (Å²) >= 11 is 1.56. The van der Waals surface area contributed by atoms with Crippen molar-refractivity contribution in [2.45, 2.75) is 25.0 Å². The Bertz CT molecular complexity index is 823. The van der Waals surface area contributed by atoms with Crippen LogP contribution in [0.1, 0.15) is 28.0 Å². The molecule has 0 unspecified atom stereocenters. The predicted molar refractivity (Wildman–Crippen MR) is 88.8 cm³/mol. The van der Waals surface area contributed by atoms with Gasteiger partial charge in [0.25, 0.3) is 5.79 Å². The van der Waals surface area contributed by atoms with E-state index in [1.54, 1.807) is 30.1 Å². The quantitative estimate of drug-likeness (QED) is 0.783. The minimum absolute atomic E-state index is 0.578. The summed E-state index contributed by atoms with van der Waals surface area (Å²) in [6.45, 7) is 0. The molecule has 4 nitrogen and oxygen atoms in total. The van der Waals surface area contributed by atoms with Gasteiger partial charge in [-0.2, -0.15) is 5.26 Å². The number of nitrogens with zero attached hydrogens (tertiary/aromatic N) is 2. The van der Waals surface area contributed by atoms with E-state index in [0.29, 0.717) is 12.0 Å². The van der Waals surface area contributed by atoms with Gasteiger partial charge in [0.2, 0.25) is 0 Å².